The predicted octanol–water partition coefficient (Wildman–Crippen LogP) is 3.38. The summed E-state index contributed by atoms with van der Waals surface area (Å²) in [6.07, 6.45) is 2.16. The second-order valence-electron chi connectivity index (χ2n) is 5.46. The van der Waals surface area contributed by atoms with E-state index in [1.54, 1.807) is 13.3 Å². The fourth-order valence-corrected chi connectivity index (χ4v) is 2.44. The summed E-state index contributed by atoms with van der Waals surface area (Å²) >= 11 is 0. The Morgan fingerprint density at radius 1 is 1.22 bits per heavy atom. The molecule has 0 aliphatic carbocycles. The van der Waals surface area contributed by atoms with Crippen LogP contribution in [0.15, 0.2) is 48.7 Å². The van der Waals surface area contributed by atoms with E-state index in [0.29, 0.717) is 13.0 Å². The Morgan fingerprint density at radius 3 is 2.74 bits per heavy atom. The Kier molecular flexibility index (Phi) is 4.28. The highest BCUT2D eigenvalue weighted by molar-refractivity contribution is 5.90. The Hall–Kier alpha value is -2.82. The molecule has 0 bridgehead atoms. The van der Waals surface area contributed by atoms with E-state index in [1.165, 1.54) is 5.56 Å². The molecule has 0 atom stereocenters. The number of carbonyl (C=O) groups is 1. The summed E-state index contributed by atoms with van der Waals surface area (Å²) in [6, 6.07) is 13.6. The lowest BCUT2D eigenvalue weighted by Crippen LogP contribution is -2.14. The normalized spacial score (nSPS) is 10.7. The quantitative estimate of drug-likeness (QED) is 0.786. The lowest BCUT2D eigenvalue weighted by Gasteiger charge is -2.07. The molecule has 3 rings (SSSR count). The highest BCUT2D eigenvalue weighted by Gasteiger charge is 2.07. The zero-order valence-electron chi connectivity index (χ0n) is 13.2. The Labute approximate surface area is 134 Å². The number of carbonyl (C=O) groups excluding carboxylic acids is 1. The second-order valence-corrected chi connectivity index (χ2v) is 5.46. The fourth-order valence-electron chi connectivity index (χ4n) is 2.44. The molecule has 23 heavy (non-hydrogen) atoms. The molecule has 1 aromatic heterocycles. The van der Waals surface area contributed by atoms with Gasteiger partial charge in [0.25, 0.3) is 0 Å². The van der Waals surface area contributed by atoms with Crippen molar-refractivity contribution >= 4 is 22.5 Å². The van der Waals surface area contributed by atoms with Crippen molar-refractivity contribution in [1.29, 1.82) is 0 Å². The molecule has 1 amide bonds. The molecule has 5 nitrogen and oxygen atoms in total. The minimum Gasteiger partial charge on any atom is -0.497 e. The van der Waals surface area contributed by atoms with Gasteiger partial charge >= 0.3 is 0 Å². The average molecular weight is 309 g/mol. The molecule has 0 unspecified atom stereocenters. The maximum atomic E-state index is 12.1. The number of amides is 1. The standard InChI is InChI=1S/C18H19N3O2/c1-13-3-5-15(6-4-13)20-18(22)9-10-21-17-8-7-16(23-2)11-14(17)12-19-21/h3-8,11-12H,9-10H2,1-2H3,(H,20,22). The molecule has 1 N–H and O–H groups in total. The minimum absolute atomic E-state index is 0.0222. The smallest absolute Gasteiger partial charge is 0.226 e. The van der Waals surface area contributed by atoms with E-state index in [0.717, 1.165) is 22.3 Å². The van der Waals surface area contributed by atoms with Gasteiger partial charge in [-0.25, -0.2) is 0 Å². The maximum absolute atomic E-state index is 12.1. The first-order valence-corrected chi connectivity index (χ1v) is 7.52. The van der Waals surface area contributed by atoms with E-state index in [-0.39, 0.29) is 5.91 Å². The van der Waals surface area contributed by atoms with Crippen LogP contribution in [0.1, 0.15) is 12.0 Å². The maximum Gasteiger partial charge on any atom is 0.226 e. The van der Waals surface area contributed by atoms with Gasteiger partial charge in [0.05, 0.1) is 25.4 Å². The largest absolute Gasteiger partial charge is 0.497 e. The molecule has 118 valence electrons. The number of nitrogens with one attached hydrogen (secondary N) is 1. The number of nitrogens with zero attached hydrogens (tertiary/aromatic N) is 2. The van der Waals surface area contributed by atoms with Crippen molar-refractivity contribution in [2.24, 2.45) is 0 Å². The molecular formula is C18H19N3O2. The molecule has 1 heterocycles. The second kappa shape index (κ2) is 6.52. The van der Waals surface area contributed by atoms with Crippen LogP contribution in [0.5, 0.6) is 5.75 Å². The van der Waals surface area contributed by atoms with Gasteiger partial charge < -0.3 is 10.1 Å². The molecule has 0 aliphatic heterocycles. The van der Waals surface area contributed by atoms with Crippen molar-refractivity contribution in [3.8, 4) is 5.75 Å². The fraction of sp³-hybridized carbons (Fsp3) is 0.222. The van der Waals surface area contributed by atoms with E-state index in [2.05, 4.69) is 10.4 Å². The molecule has 0 fully saturated rings. The van der Waals surface area contributed by atoms with Crippen LogP contribution in [0.4, 0.5) is 5.69 Å². The number of methoxy groups -OCH3 is 1. The van der Waals surface area contributed by atoms with Gasteiger partial charge in [0, 0.05) is 17.5 Å². The van der Waals surface area contributed by atoms with Crippen LogP contribution in [-0.2, 0) is 11.3 Å². The summed E-state index contributed by atoms with van der Waals surface area (Å²) in [7, 11) is 1.64. The summed E-state index contributed by atoms with van der Waals surface area (Å²) in [5, 5.41) is 8.24. The van der Waals surface area contributed by atoms with Gasteiger partial charge in [-0.1, -0.05) is 17.7 Å². The van der Waals surface area contributed by atoms with Gasteiger partial charge in [-0.2, -0.15) is 5.10 Å². The van der Waals surface area contributed by atoms with Gasteiger partial charge in [-0.3, -0.25) is 9.48 Å². The summed E-state index contributed by atoms with van der Waals surface area (Å²) in [5.74, 6) is 0.778. The third-order valence-electron chi connectivity index (χ3n) is 3.73. The third-order valence-corrected chi connectivity index (χ3v) is 3.73. The highest BCUT2D eigenvalue weighted by atomic mass is 16.5. The van der Waals surface area contributed by atoms with Crippen LogP contribution in [0.2, 0.25) is 0 Å². The van der Waals surface area contributed by atoms with Gasteiger partial charge in [-0.15, -0.1) is 0 Å². The molecule has 3 aromatic rings. The van der Waals surface area contributed by atoms with Crippen LogP contribution < -0.4 is 10.1 Å². The van der Waals surface area contributed by atoms with E-state index in [4.69, 9.17) is 4.74 Å². The van der Waals surface area contributed by atoms with Crippen molar-refractivity contribution in [1.82, 2.24) is 9.78 Å². The number of hydrogen-bond donors (Lipinski definition) is 1. The topological polar surface area (TPSA) is 56.2 Å². The van der Waals surface area contributed by atoms with Crippen LogP contribution in [-0.4, -0.2) is 22.8 Å². The molecule has 0 saturated heterocycles. The zero-order chi connectivity index (χ0) is 16.2. The minimum atomic E-state index is -0.0222. The van der Waals surface area contributed by atoms with Crippen molar-refractivity contribution in [3.63, 3.8) is 0 Å². The Balaban J connectivity index is 1.63. The van der Waals surface area contributed by atoms with Gasteiger partial charge in [0.1, 0.15) is 5.75 Å². The van der Waals surface area contributed by atoms with Gasteiger partial charge in [-0.05, 0) is 37.3 Å². The van der Waals surface area contributed by atoms with Crippen LogP contribution >= 0.6 is 0 Å². The van der Waals surface area contributed by atoms with E-state index in [9.17, 15) is 4.79 Å². The Morgan fingerprint density at radius 2 is 2.00 bits per heavy atom. The predicted molar refractivity (Wildman–Crippen MR) is 90.7 cm³/mol. The van der Waals surface area contributed by atoms with E-state index in [1.807, 2.05) is 54.1 Å². The summed E-state index contributed by atoms with van der Waals surface area (Å²) in [5.41, 5.74) is 2.98. The molecular weight excluding hydrogens is 290 g/mol. The Bertz CT molecular complexity index is 822. The lowest BCUT2D eigenvalue weighted by molar-refractivity contribution is -0.116. The van der Waals surface area contributed by atoms with Crippen molar-refractivity contribution in [2.45, 2.75) is 19.9 Å². The first kappa shape index (κ1) is 15.1. The number of benzene rings is 2. The number of aryl methyl sites for hydroxylation is 2. The van der Waals surface area contributed by atoms with Crippen LogP contribution in [0.25, 0.3) is 10.9 Å². The number of fused-ring (bicyclic) bond motifs is 1. The van der Waals surface area contributed by atoms with Crippen LogP contribution in [0, 0.1) is 6.92 Å². The zero-order valence-corrected chi connectivity index (χ0v) is 13.2. The molecule has 0 saturated carbocycles. The number of rotatable bonds is 5. The summed E-state index contributed by atoms with van der Waals surface area (Å²) < 4.78 is 7.04. The molecule has 2 aromatic carbocycles. The van der Waals surface area contributed by atoms with E-state index < -0.39 is 0 Å². The number of anilines is 1. The van der Waals surface area contributed by atoms with Gasteiger partial charge in [0.2, 0.25) is 5.91 Å². The monoisotopic (exact) mass is 309 g/mol. The summed E-state index contributed by atoms with van der Waals surface area (Å²) in [4.78, 5) is 12.1. The number of hydrogen-bond acceptors (Lipinski definition) is 3. The molecule has 0 aliphatic rings. The average Bonchev–Trinajstić information content (AvgIpc) is 2.97. The number of aromatic nitrogens is 2. The lowest BCUT2D eigenvalue weighted by atomic mass is 10.2. The van der Waals surface area contributed by atoms with Crippen molar-refractivity contribution < 1.29 is 9.53 Å². The highest BCUT2D eigenvalue weighted by Crippen LogP contribution is 2.20. The van der Waals surface area contributed by atoms with Crippen LogP contribution in [0.3, 0.4) is 0 Å². The third kappa shape index (κ3) is 3.51. The molecule has 0 spiro atoms. The number of ether oxygens (including phenoxy) is 1. The van der Waals surface area contributed by atoms with E-state index >= 15 is 0 Å². The first-order chi connectivity index (χ1) is 11.2. The SMILES string of the molecule is COc1ccc2c(cnn2CCC(=O)Nc2ccc(C)cc2)c1. The van der Waals surface area contributed by atoms with Gasteiger partial charge in [0.15, 0.2) is 0 Å². The first-order valence-electron chi connectivity index (χ1n) is 7.52. The van der Waals surface area contributed by atoms with Crippen molar-refractivity contribution in [3.05, 3.63) is 54.2 Å². The molecule has 0 radical (unpaired) electrons. The van der Waals surface area contributed by atoms with Crippen molar-refractivity contribution in [2.75, 3.05) is 12.4 Å². The molecule has 5 heteroatoms. The summed E-state index contributed by atoms with van der Waals surface area (Å²) in [6.45, 7) is 2.55.